The van der Waals surface area contributed by atoms with Crippen LogP contribution in [0.15, 0.2) is 12.1 Å². The second kappa shape index (κ2) is 7.10. The van der Waals surface area contributed by atoms with Gasteiger partial charge in [0.2, 0.25) is 0 Å². The summed E-state index contributed by atoms with van der Waals surface area (Å²) in [6.45, 7) is 3.47. The molecule has 0 radical (unpaired) electrons. The van der Waals surface area contributed by atoms with E-state index in [1.807, 2.05) is 0 Å². The van der Waals surface area contributed by atoms with Gasteiger partial charge in [0.25, 0.3) is 5.91 Å². The molecule has 4 nitrogen and oxygen atoms in total. The first kappa shape index (κ1) is 17.0. The Morgan fingerprint density at radius 2 is 1.76 bits per heavy atom. The lowest BCUT2D eigenvalue weighted by atomic mass is 10.1. The van der Waals surface area contributed by atoms with E-state index in [0.29, 0.717) is 12.1 Å². The van der Waals surface area contributed by atoms with Crippen molar-refractivity contribution in [1.82, 2.24) is 4.90 Å². The number of nitrogens with zero attached hydrogens (tertiary/aromatic N) is 1. The number of amides is 1. The molecule has 0 saturated heterocycles. The van der Waals surface area contributed by atoms with Crippen LogP contribution in [0.3, 0.4) is 0 Å². The van der Waals surface area contributed by atoms with Crippen molar-refractivity contribution >= 4 is 11.9 Å². The van der Waals surface area contributed by atoms with Crippen LogP contribution in [0.5, 0.6) is 0 Å². The Kier molecular flexibility index (Phi) is 5.75. The summed E-state index contributed by atoms with van der Waals surface area (Å²) in [6, 6.07) is 1.26. The van der Waals surface area contributed by atoms with Crippen LogP contribution >= 0.6 is 0 Å². The van der Waals surface area contributed by atoms with E-state index in [2.05, 4.69) is 4.74 Å². The van der Waals surface area contributed by atoms with E-state index in [9.17, 15) is 22.8 Å². The largest absolute Gasteiger partial charge is 0.469 e. The van der Waals surface area contributed by atoms with E-state index < -0.39 is 35.2 Å². The molecule has 0 fully saturated rings. The molecule has 0 N–H and O–H groups in total. The predicted molar refractivity (Wildman–Crippen MR) is 69.1 cm³/mol. The van der Waals surface area contributed by atoms with Gasteiger partial charge < -0.3 is 9.64 Å². The highest BCUT2D eigenvalue weighted by Crippen LogP contribution is 2.16. The molecule has 0 bridgehead atoms. The highest BCUT2D eigenvalue weighted by molar-refractivity contribution is 5.94. The molecule has 1 aromatic rings. The van der Waals surface area contributed by atoms with Crippen molar-refractivity contribution in [3.05, 3.63) is 35.1 Å². The number of rotatable bonds is 5. The highest BCUT2D eigenvalue weighted by atomic mass is 19.2. The van der Waals surface area contributed by atoms with E-state index in [0.717, 1.165) is 0 Å². The standard InChI is InChI=1S/C14H16F3NO3/c1-4-18(7-8(2)14(20)21-3)13(19)9-5-10(15)12(17)11(16)6-9/h5-6,8H,4,7H2,1-3H3. The number of halogens is 3. The first-order chi connectivity index (χ1) is 9.81. The average Bonchev–Trinajstić information content (AvgIpc) is 2.47. The maximum atomic E-state index is 13.2. The Labute approximate surface area is 120 Å². The first-order valence-electron chi connectivity index (χ1n) is 6.33. The molecule has 7 heteroatoms. The molecule has 1 atom stereocenters. The van der Waals surface area contributed by atoms with Gasteiger partial charge in [0, 0.05) is 18.7 Å². The van der Waals surface area contributed by atoms with Gasteiger partial charge in [-0.05, 0) is 19.1 Å². The lowest BCUT2D eigenvalue weighted by Gasteiger charge is -2.23. The Morgan fingerprint density at radius 3 is 2.19 bits per heavy atom. The summed E-state index contributed by atoms with van der Waals surface area (Å²) in [4.78, 5) is 24.7. The Hall–Kier alpha value is -2.05. The smallest absolute Gasteiger partial charge is 0.310 e. The van der Waals surface area contributed by atoms with E-state index in [-0.39, 0.29) is 18.7 Å². The number of carbonyl (C=O) groups excluding carboxylic acids is 2. The Bertz CT molecular complexity index is 525. The van der Waals surface area contributed by atoms with E-state index in [1.165, 1.54) is 12.0 Å². The van der Waals surface area contributed by atoms with E-state index >= 15 is 0 Å². The fraction of sp³-hybridized carbons (Fsp3) is 0.429. The van der Waals surface area contributed by atoms with Crippen molar-refractivity contribution in [2.24, 2.45) is 5.92 Å². The number of hydrogen-bond donors (Lipinski definition) is 0. The summed E-state index contributed by atoms with van der Waals surface area (Å²) in [5, 5.41) is 0. The van der Waals surface area contributed by atoms with Gasteiger partial charge in [-0.1, -0.05) is 6.92 Å². The average molecular weight is 303 g/mol. The molecule has 1 unspecified atom stereocenters. The van der Waals surface area contributed by atoms with Gasteiger partial charge in [-0.25, -0.2) is 13.2 Å². The Morgan fingerprint density at radius 1 is 1.24 bits per heavy atom. The van der Waals surface area contributed by atoms with Gasteiger partial charge in [-0.15, -0.1) is 0 Å². The number of carbonyl (C=O) groups is 2. The fourth-order valence-electron chi connectivity index (χ4n) is 1.82. The molecule has 0 saturated carbocycles. The van der Waals surface area contributed by atoms with Gasteiger partial charge in [0.05, 0.1) is 13.0 Å². The maximum Gasteiger partial charge on any atom is 0.310 e. The Balaban J connectivity index is 2.96. The third-order valence-electron chi connectivity index (χ3n) is 3.00. The minimum atomic E-state index is -1.63. The normalized spacial score (nSPS) is 11.9. The van der Waals surface area contributed by atoms with Gasteiger partial charge in [-0.3, -0.25) is 9.59 Å². The predicted octanol–water partition coefficient (Wildman–Crippen LogP) is 2.38. The molecule has 21 heavy (non-hydrogen) atoms. The summed E-state index contributed by atoms with van der Waals surface area (Å²) in [5.41, 5.74) is -0.315. The van der Waals surface area contributed by atoms with Crippen LogP contribution in [0.2, 0.25) is 0 Å². The van der Waals surface area contributed by atoms with Crippen LogP contribution < -0.4 is 0 Å². The molecule has 0 heterocycles. The van der Waals surface area contributed by atoms with Gasteiger partial charge in [0.1, 0.15) is 0 Å². The second-order valence-electron chi connectivity index (χ2n) is 4.52. The molecule has 0 aromatic heterocycles. The quantitative estimate of drug-likeness (QED) is 0.620. The zero-order valence-electron chi connectivity index (χ0n) is 12.0. The summed E-state index contributed by atoms with van der Waals surface area (Å²) < 4.78 is 43.7. The van der Waals surface area contributed by atoms with Crippen molar-refractivity contribution in [3.63, 3.8) is 0 Å². The third kappa shape index (κ3) is 3.96. The van der Waals surface area contributed by atoms with Gasteiger partial charge in [0.15, 0.2) is 17.5 Å². The topological polar surface area (TPSA) is 46.6 Å². The van der Waals surface area contributed by atoms with Crippen LogP contribution in [-0.4, -0.2) is 37.0 Å². The number of benzene rings is 1. The molecule has 1 aromatic carbocycles. The minimum absolute atomic E-state index is 0.0304. The lowest BCUT2D eigenvalue weighted by molar-refractivity contribution is -0.145. The zero-order chi connectivity index (χ0) is 16.2. The number of methoxy groups -OCH3 is 1. The number of ether oxygens (including phenoxy) is 1. The molecule has 0 aliphatic carbocycles. The zero-order valence-corrected chi connectivity index (χ0v) is 12.0. The summed E-state index contributed by atoms with van der Waals surface area (Å²) in [6.07, 6.45) is 0. The SMILES string of the molecule is CCN(CC(C)C(=O)OC)C(=O)c1cc(F)c(F)c(F)c1. The van der Waals surface area contributed by atoms with Gasteiger partial charge >= 0.3 is 5.97 Å². The van der Waals surface area contributed by atoms with Crippen molar-refractivity contribution in [1.29, 1.82) is 0 Å². The number of esters is 1. The summed E-state index contributed by atoms with van der Waals surface area (Å²) in [7, 11) is 1.22. The second-order valence-corrected chi connectivity index (χ2v) is 4.52. The minimum Gasteiger partial charge on any atom is -0.469 e. The van der Waals surface area contributed by atoms with Crippen LogP contribution in [0.25, 0.3) is 0 Å². The molecule has 0 aliphatic rings. The molecule has 0 spiro atoms. The van der Waals surface area contributed by atoms with Gasteiger partial charge in [-0.2, -0.15) is 0 Å². The van der Waals surface area contributed by atoms with Crippen LogP contribution in [0.4, 0.5) is 13.2 Å². The molecule has 0 aliphatic heterocycles. The maximum absolute atomic E-state index is 13.2. The van der Waals surface area contributed by atoms with Crippen molar-refractivity contribution < 1.29 is 27.5 Å². The van der Waals surface area contributed by atoms with Crippen molar-refractivity contribution in [2.75, 3.05) is 20.2 Å². The third-order valence-corrected chi connectivity index (χ3v) is 3.00. The van der Waals surface area contributed by atoms with Crippen LogP contribution in [0.1, 0.15) is 24.2 Å². The lowest BCUT2D eigenvalue weighted by Crippen LogP contribution is -2.37. The molecule has 116 valence electrons. The van der Waals surface area contributed by atoms with Crippen molar-refractivity contribution in [2.45, 2.75) is 13.8 Å². The summed E-state index contributed by atoms with van der Waals surface area (Å²) >= 11 is 0. The number of hydrogen-bond acceptors (Lipinski definition) is 3. The van der Waals surface area contributed by atoms with Crippen LogP contribution in [-0.2, 0) is 9.53 Å². The molecular weight excluding hydrogens is 287 g/mol. The highest BCUT2D eigenvalue weighted by Gasteiger charge is 2.23. The monoisotopic (exact) mass is 303 g/mol. The molecule has 1 rings (SSSR count). The molecular formula is C14H16F3NO3. The van der Waals surface area contributed by atoms with Crippen LogP contribution in [0, 0.1) is 23.4 Å². The fourth-order valence-corrected chi connectivity index (χ4v) is 1.82. The summed E-state index contributed by atoms with van der Waals surface area (Å²) in [5.74, 6) is -6.28. The first-order valence-corrected chi connectivity index (χ1v) is 6.33. The van der Waals surface area contributed by atoms with E-state index in [1.54, 1.807) is 13.8 Å². The molecule has 1 amide bonds. The van der Waals surface area contributed by atoms with Crippen molar-refractivity contribution in [3.8, 4) is 0 Å². The van der Waals surface area contributed by atoms with E-state index in [4.69, 9.17) is 0 Å².